The van der Waals surface area contributed by atoms with Gasteiger partial charge in [0.1, 0.15) is 11.3 Å². The number of methoxy groups -OCH3 is 1. The largest absolute Gasteiger partial charge is 0.494 e. The fourth-order valence-corrected chi connectivity index (χ4v) is 1.91. The molecule has 74 valence electrons. The molecule has 1 aliphatic heterocycles. The van der Waals surface area contributed by atoms with Crippen molar-refractivity contribution in [1.82, 2.24) is 4.98 Å². The first-order valence-electron chi connectivity index (χ1n) is 4.79. The Hall–Kier alpha value is -2.03. The van der Waals surface area contributed by atoms with Gasteiger partial charge in [0, 0.05) is 23.5 Å². The lowest BCUT2D eigenvalue weighted by molar-refractivity contribution is 0.419. The zero-order valence-corrected chi connectivity index (χ0v) is 8.32. The fraction of sp³-hybridized carbons (Fsp3) is 0.0833. The summed E-state index contributed by atoms with van der Waals surface area (Å²) in [4.78, 5) is 4.36. The van der Waals surface area contributed by atoms with E-state index >= 15 is 0 Å². The summed E-state index contributed by atoms with van der Waals surface area (Å²) >= 11 is 0. The standard InChI is InChI=1S/C12H10N2O/c1-15-10-3-2-9-11-8(4-6-13-9)5-7-14-12(10)11/h2-7,13H,1H3. The van der Waals surface area contributed by atoms with Crippen molar-refractivity contribution >= 4 is 22.7 Å². The molecule has 1 N–H and O–H groups in total. The zero-order valence-electron chi connectivity index (χ0n) is 8.32. The highest BCUT2D eigenvalue weighted by Gasteiger charge is 2.12. The van der Waals surface area contributed by atoms with Crippen LogP contribution in [0.15, 0.2) is 30.6 Å². The van der Waals surface area contributed by atoms with E-state index in [1.54, 1.807) is 13.3 Å². The lowest BCUT2D eigenvalue weighted by atomic mass is 10.0. The Labute approximate surface area is 87.4 Å². The molecule has 0 atom stereocenters. The van der Waals surface area contributed by atoms with Gasteiger partial charge in [0.2, 0.25) is 0 Å². The van der Waals surface area contributed by atoms with E-state index < -0.39 is 0 Å². The summed E-state index contributed by atoms with van der Waals surface area (Å²) in [5.74, 6) is 0.813. The molecule has 3 heteroatoms. The predicted molar refractivity (Wildman–Crippen MR) is 61.0 cm³/mol. The third-order valence-electron chi connectivity index (χ3n) is 2.61. The maximum Gasteiger partial charge on any atom is 0.145 e. The van der Waals surface area contributed by atoms with E-state index in [0.29, 0.717) is 0 Å². The van der Waals surface area contributed by atoms with Gasteiger partial charge >= 0.3 is 0 Å². The topological polar surface area (TPSA) is 34.1 Å². The van der Waals surface area contributed by atoms with E-state index in [1.807, 2.05) is 30.5 Å². The van der Waals surface area contributed by atoms with Gasteiger partial charge in [-0.25, -0.2) is 0 Å². The third-order valence-corrected chi connectivity index (χ3v) is 2.61. The molecule has 0 spiro atoms. The fourth-order valence-electron chi connectivity index (χ4n) is 1.91. The molecule has 0 radical (unpaired) electrons. The van der Waals surface area contributed by atoms with Crippen LogP contribution in [0.4, 0.5) is 5.69 Å². The van der Waals surface area contributed by atoms with Crippen LogP contribution in [0.5, 0.6) is 5.75 Å². The summed E-state index contributed by atoms with van der Waals surface area (Å²) < 4.78 is 5.29. The number of aromatic nitrogens is 1. The Morgan fingerprint density at radius 2 is 2.20 bits per heavy atom. The average molecular weight is 198 g/mol. The Morgan fingerprint density at radius 3 is 3.07 bits per heavy atom. The Kier molecular flexibility index (Phi) is 1.65. The number of benzene rings is 1. The number of anilines is 1. The van der Waals surface area contributed by atoms with Gasteiger partial charge in [0.15, 0.2) is 0 Å². The van der Waals surface area contributed by atoms with Crippen molar-refractivity contribution in [3.63, 3.8) is 0 Å². The lowest BCUT2D eigenvalue weighted by Gasteiger charge is -2.14. The molecule has 1 aromatic heterocycles. The first-order chi connectivity index (χ1) is 7.40. The van der Waals surface area contributed by atoms with Crippen molar-refractivity contribution in [2.45, 2.75) is 0 Å². The van der Waals surface area contributed by atoms with Crippen LogP contribution in [0.25, 0.3) is 17.0 Å². The van der Waals surface area contributed by atoms with Crippen LogP contribution in [0, 0.1) is 0 Å². The minimum absolute atomic E-state index is 0.813. The Morgan fingerprint density at radius 1 is 1.27 bits per heavy atom. The van der Waals surface area contributed by atoms with Crippen LogP contribution in [-0.2, 0) is 0 Å². The number of nitrogens with one attached hydrogen (secondary N) is 1. The number of rotatable bonds is 1. The second-order valence-electron chi connectivity index (χ2n) is 3.42. The van der Waals surface area contributed by atoms with E-state index in [0.717, 1.165) is 22.3 Å². The van der Waals surface area contributed by atoms with Gasteiger partial charge in [-0.2, -0.15) is 0 Å². The summed E-state index contributed by atoms with van der Waals surface area (Å²) in [7, 11) is 1.66. The normalized spacial score (nSPS) is 12.6. The quantitative estimate of drug-likeness (QED) is 0.764. The SMILES string of the molecule is COc1ccc2c3c(ccnc13)C=CN2. The molecule has 3 rings (SSSR count). The average Bonchev–Trinajstić information content (AvgIpc) is 2.30. The van der Waals surface area contributed by atoms with E-state index in [1.165, 1.54) is 5.56 Å². The lowest BCUT2D eigenvalue weighted by Crippen LogP contribution is -1.98. The molecule has 0 saturated heterocycles. The predicted octanol–water partition coefficient (Wildman–Crippen LogP) is 2.64. The highest BCUT2D eigenvalue weighted by Crippen LogP contribution is 2.34. The van der Waals surface area contributed by atoms with Gasteiger partial charge in [0.05, 0.1) is 7.11 Å². The van der Waals surface area contributed by atoms with Gasteiger partial charge in [-0.1, -0.05) is 0 Å². The summed E-state index contributed by atoms with van der Waals surface area (Å²) in [6.07, 6.45) is 5.78. The van der Waals surface area contributed by atoms with Crippen molar-refractivity contribution in [3.05, 3.63) is 36.2 Å². The molecular weight excluding hydrogens is 188 g/mol. The van der Waals surface area contributed by atoms with Gasteiger partial charge in [-0.15, -0.1) is 0 Å². The molecule has 15 heavy (non-hydrogen) atoms. The number of hydrogen-bond donors (Lipinski definition) is 1. The van der Waals surface area contributed by atoms with E-state index in [-0.39, 0.29) is 0 Å². The van der Waals surface area contributed by atoms with Crippen LogP contribution in [0.1, 0.15) is 5.56 Å². The molecule has 2 heterocycles. The van der Waals surface area contributed by atoms with Gasteiger partial charge in [-0.3, -0.25) is 4.98 Å². The van der Waals surface area contributed by atoms with E-state index in [9.17, 15) is 0 Å². The van der Waals surface area contributed by atoms with Crippen LogP contribution < -0.4 is 10.1 Å². The number of pyridine rings is 1. The summed E-state index contributed by atoms with van der Waals surface area (Å²) in [5.41, 5.74) is 3.16. The monoisotopic (exact) mass is 198 g/mol. The maximum atomic E-state index is 5.29. The molecule has 1 aromatic carbocycles. The Balaban J connectivity index is 2.48. The van der Waals surface area contributed by atoms with Gasteiger partial charge in [-0.05, 0) is 29.8 Å². The number of hydrogen-bond acceptors (Lipinski definition) is 3. The van der Waals surface area contributed by atoms with Crippen molar-refractivity contribution in [2.75, 3.05) is 12.4 Å². The maximum absolute atomic E-state index is 5.29. The molecule has 3 nitrogen and oxygen atoms in total. The minimum Gasteiger partial charge on any atom is -0.494 e. The van der Waals surface area contributed by atoms with Gasteiger partial charge in [0.25, 0.3) is 0 Å². The number of nitrogens with zero attached hydrogens (tertiary/aromatic N) is 1. The van der Waals surface area contributed by atoms with E-state index in [2.05, 4.69) is 10.3 Å². The van der Waals surface area contributed by atoms with Crippen molar-refractivity contribution in [2.24, 2.45) is 0 Å². The third kappa shape index (κ3) is 1.09. The Bertz CT molecular complexity index is 561. The smallest absolute Gasteiger partial charge is 0.145 e. The van der Waals surface area contributed by atoms with Crippen LogP contribution in [0.2, 0.25) is 0 Å². The zero-order chi connectivity index (χ0) is 10.3. The molecule has 0 amide bonds. The summed E-state index contributed by atoms with van der Waals surface area (Å²) in [5, 5.41) is 4.33. The molecule has 0 unspecified atom stereocenters. The molecule has 0 bridgehead atoms. The second-order valence-corrected chi connectivity index (χ2v) is 3.42. The minimum atomic E-state index is 0.813. The highest BCUT2D eigenvalue weighted by atomic mass is 16.5. The molecular formula is C12H10N2O. The highest BCUT2D eigenvalue weighted by molar-refractivity contribution is 6.03. The van der Waals surface area contributed by atoms with Crippen molar-refractivity contribution in [1.29, 1.82) is 0 Å². The van der Waals surface area contributed by atoms with Crippen LogP contribution >= 0.6 is 0 Å². The van der Waals surface area contributed by atoms with Crippen molar-refractivity contribution in [3.8, 4) is 5.75 Å². The molecule has 0 saturated carbocycles. The van der Waals surface area contributed by atoms with Gasteiger partial charge < -0.3 is 10.1 Å². The van der Waals surface area contributed by atoms with Crippen LogP contribution in [-0.4, -0.2) is 12.1 Å². The first-order valence-corrected chi connectivity index (χ1v) is 4.79. The first kappa shape index (κ1) is 8.29. The van der Waals surface area contributed by atoms with E-state index in [4.69, 9.17) is 4.74 Å². The number of ether oxygens (including phenoxy) is 1. The van der Waals surface area contributed by atoms with Crippen LogP contribution in [0.3, 0.4) is 0 Å². The molecule has 0 aliphatic carbocycles. The van der Waals surface area contributed by atoms with Crippen molar-refractivity contribution < 1.29 is 4.74 Å². The summed E-state index contributed by atoms with van der Waals surface area (Å²) in [6.45, 7) is 0. The molecule has 1 aliphatic rings. The second kappa shape index (κ2) is 2.98. The summed E-state index contributed by atoms with van der Waals surface area (Å²) in [6, 6.07) is 5.94. The molecule has 2 aromatic rings. The molecule has 0 fully saturated rings.